The highest BCUT2D eigenvalue weighted by Gasteiger charge is 2.15. The Labute approximate surface area is 111 Å². The normalized spacial score (nSPS) is 11.9. The van der Waals surface area contributed by atoms with E-state index in [0.29, 0.717) is 4.47 Å². The number of aliphatic carboxylic acids is 1. The summed E-state index contributed by atoms with van der Waals surface area (Å²) in [5.41, 5.74) is -0.136. The second-order valence-electron chi connectivity index (χ2n) is 3.52. The molecule has 18 heavy (non-hydrogen) atoms. The Bertz CT molecular complexity index is 466. The van der Waals surface area contributed by atoms with E-state index in [-0.39, 0.29) is 18.5 Å². The maximum Gasteiger partial charge on any atom is 0.332 e. The molecule has 0 saturated heterocycles. The fourth-order valence-corrected chi connectivity index (χ4v) is 1.55. The van der Waals surface area contributed by atoms with Gasteiger partial charge < -0.3 is 15.5 Å². The fourth-order valence-electron chi connectivity index (χ4n) is 1.21. The van der Waals surface area contributed by atoms with Gasteiger partial charge in [0.15, 0.2) is 6.10 Å². The van der Waals surface area contributed by atoms with E-state index in [1.807, 2.05) is 0 Å². The lowest BCUT2D eigenvalue weighted by atomic mass is 10.2. The number of carbonyl (C=O) groups excluding carboxylic acids is 1. The number of carbonyl (C=O) groups is 2. The average Bonchev–Trinajstić information content (AvgIpc) is 2.28. The molecule has 0 aliphatic carbocycles. The van der Waals surface area contributed by atoms with Crippen LogP contribution in [0.3, 0.4) is 0 Å². The first kappa shape index (κ1) is 14.6. The van der Waals surface area contributed by atoms with Gasteiger partial charge in [0.2, 0.25) is 0 Å². The molecule has 0 unspecified atom stereocenters. The monoisotopic (exact) mass is 319 g/mol. The highest BCUT2D eigenvalue weighted by molar-refractivity contribution is 9.10. The van der Waals surface area contributed by atoms with Crippen molar-refractivity contribution in [2.45, 2.75) is 12.5 Å². The first-order chi connectivity index (χ1) is 8.41. The number of halogens is 2. The van der Waals surface area contributed by atoms with Gasteiger partial charge in [-0.1, -0.05) is 15.9 Å². The minimum atomic E-state index is -1.54. The highest BCUT2D eigenvalue weighted by Crippen LogP contribution is 2.15. The molecule has 0 aliphatic rings. The van der Waals surface area contributed by atoms with E-state index in [2.05, 4.69) is 21.2 Å². The number of hydrogen-bond donors (Lipinski definition) is 3. The van der Waals surface area contributed by atoms with Gasteiger partial charge in [-0.2, -0.15) is 0 Å². The third-order valence-corrected chi connectivity index (χ3v) is 2.66. The maximum atomic E-state index is 13.4. The summed E-state index contributed by atoms with van der Waals surface area (Å²) in [7, 11) is 0. The van der Waals surface area contributed by atoms with Crippen LogP contribution in [0.4, 0.5) is 4.39 Å². The Morgan fingerprint density at radius 2 is 2.11 bits per heavy atom. The van der Waals surface area contributed by atoms with Gasteiger partial charge in [0.25, 0.3) is 5.91 Å². The number of aliphatic hydroxyl groups excluding tert-OH is 1. The topological polar surface area (TPSA) is 86.6 Å². The molecule has 1 aromatic carbocycles. The molecule has 98 valence electrons. The van der Waals surface area contributed by atoms with Crippen molar-refractivity contribution < 1.29 is 24.2 Å². The van der Waals surface area contributed by atoms with Crippen LogP contribution < -0.4 is 5.32 Å². The second kappa shape index (κ2) is 6.46. The van der Waals surface area contributed by atoms with Crippen molar-refractivity contribution in [3.8, 4) is 0 Å². The van der Waals surface area contributed by atoms with Crippen LogP contribution in [0.5, 0.6) is 0 Å². The van der Waals surface area contributed by atoms with E-state index in [4.69, 9.17) is 10.2 Å². The first-order valence-corrected chi connectivity index (χ1v) is 5.85. The number of nitrogens with one attached hydrogen (secondary N) is 1. The number of hydrogen-bond acceptors (Lipinski definition) is 3. The molecule has 1 amide bonds. The van der Waals surface area contributed by atoms with E-state index in [1.54, 1.807) is 0 Å². The van der Waals surface area contributed by atoms with Crippen LogP contribution >= 0.6 is 15.9 Å². The Morgan fingerprint density at radius 1 is 1.44 bits per heavy atom. The SMILES string of the molecule is O=C(NCC[C@H](O)C(=O)O)c1ccc(Br)cc1F. The fraction of sp³-hybridized carbons (Fsp3) is 0.273. The van der Waals surface area contributed by atoms with Gasteiger partial charge in [0.1, 0.15) is 5.82 Å². The van der Waals surface area contributed by atoms with Crippen molar-refractivity contribution in [3.05, 3.63) is 34.1 Å². The molecule has 0 radical (unpaired) electrons. The molecule has 1 rings (SSSR count). The van der Waals surface area contributed by atoms with Gasteiger partial charge in [-0.25, -0.2) is 9.18 Å². The molecule has 0 aromatic heterocycles. The zero-order chi connectivity index (χ0) is 13.7. The quantitative estimate of drug-likeness (QED) is 0.760. The molecular weight excluding hydrogens is 309 g/mol. The molecule has 0 saturated carbocycles. The second-order valence-corrected chi connectivity index (χ2v) is 4.44. The first-order valence-electron chi connectivity index (χ1n) is 5.06. The summed E-state index contributed by atoms with van der Waals surface area (Å²) in [6.07, 6.45) is -1.68. The summed E-state index contributed by atoms with van der Waals surface area (Å²) < 4.78 is 13.9. The van der Waals surface area contributed by atoms with Gasteiger partial charge in [0.05, 0.1) is 5.56 Å². The average molecular weight is 320 g/mol. The van der Waals surface area contributed by atoms with Crippen LogP contribution in [-0.4, -0.2) is 34.7 Å². The van der Waals surface area contributed by atoms with Gasteiger partial charge in [-0.3, -0.25) is 4.79 Å². The van der Waals surface area contributed by atoms with Gasteiger partial charge in [0, 0.05) is 17.4 Å². The van der Waals surface area contributed by atoms with Crippen molar-refractivity contribution in [2.24, 2.45) is 0 Å². The molecular formula is C11H11BrFNO4. The number of carboxylic acid groups (broad SMARTS) is 1. The smallest absolute Gasteiger partial charge is 0.332 e. The van der Waals surface area contributed by atoms with E-state index >= 15 is 0 Å². The lowest BCUT2D eigenvalue weighted by Gasteiger charge is -2.08. The Hall–Kier alpha value is -1.47. The van der Waals surface area contributed by atoms with Gasteiger partial charge in [-0.15, -0.1) is 0 Å². The van der Waals surface area contributed by atoms with E-state index in [1.165, 1.54) is 12.1 Å². The van der Waals surface area contributed by atoms with Crippen molar-refractivity contribution in [3.63, 3.8) is 0 Å². The molecule has 0 aliphatic heterocycles. The summed E-state index contributed by atoms with van der Waals surface area (Å²) in [5, 5.41) is 19.7. The third kappa shape index (κ3) is 4.08. The van der Waals surface area contributed by atoms with Gasteiger partial charge >= 0.3 is 5.97 Å². The molecule has 5 nitrogen and oxygen atoms in total. The van der Waals surface area contributed by atoms with Crippen molar-refractivity contribution in [2.75, 3.05) is 6.54 Å². The largest absolute Gasteiger partial charge is 0.479 e. The van der Waals surface area contributed by atoms with Gasteiger partial charge in [-0.05, 0) is 18.2 Å². The molecule has 0 heterocycles. The zero-order valence-electron chi connectivity index (χ0n) is 9.19. The summed E-state index contributed by atoms with van der Waals surface area (Å²) in [5.74, 6) is -2.70. The molecule has 1 atom stereocenters. The maximum absolute atomic E-state index is 13.4. The molecule has 7 heteroatoms. The minimum absolute atomic E-state index is 0.0538. The van der Waals surface area contributed by atoms with E-state index in [0.717, 1.165) is 6.07 Å². The molecule has 3 N–H and O–H groups in total. The molecule has 1 aromatic rings. The Morgan fingerprint density at radius 3 is 2.67 bits per heavy atom. The van der Waals surface area contributed by atoms with Crippen molar-refractivity contribution >= 4 is 27.8 Å². The molecule has 0 bridgehead atoms. The van der Waals surface area contributed by atoms with Crippen LogP contribution in [0.15, 0.2) is 22.7 Å². The number of benzene rings is 1. The van der Waals surface area contributed by atoms with E-state index in [9.17, 15) is 14.0 Å². The number of amides is 1. The van der Waals surface area contributed by atoms with Crippen LogP contribution in [0.1, 0.15) is 16.8 Å². The minimum Gasteiger partial charge on any atom is -0.479 e. The lowest BCUT2D eigenvalue weighted by Crippen LogP contribution is -2.30. The summed E-state index contributed by atoms with van der Waals surface area (Å²) >= 11 is 3.06. The van der Waals surface area contributed by atoms with Crippen LogP contribution in [0.25, 0.3) is 0 Å². The Kier molecular flexibility index (Phi) is 5.24. The zero-order valence-corrected chi connectivity index (χ0v) is 10.8. The lowest BCUT2D eigenvalue weighted by molar-refractivity contribution is -0.146. The predicted octanol–water partition coefficient (Wildman–Crippen LogP) is 1.15. The molecule has 0 fully saturated rings. The van der Waals surface area contributed by atoms with Crippen LogP contribution in [0, 0.1) is 5.82 Å². The number of carboxylic acids is 1. The highest BCUT2D eigenvalue weighted by atomic mass is 79.9. The summed E-state index contributed by atoms with van der Waals surface area (Å²) in [4.78, 5) is 21.8. The van der Waals surface area contributed by atoms with Crippen molar-refractivity contribution in [1.82, 2.24) is 5.32 Å². The molecule has 0 spiro atoms. The summed E-state index contributed by atoms with van der Waals surface area (Å²) in [6.45, 7) is -0.0538. The predicted molar refractivity (Wildman–Crippen MR) is 64.7 cm³/mol. The number of rotatable bonds is 5. The third-order valence-electron chi connectivity index (χ3n) is 2.16. The van der Waals surface area contributed by atoms with E-state index < -0.39 is 23.8 Å². The van der Waals surface area contributed by atoms with Crippen molar-refractivity contribution in [1.29, 1.82) is 0 Å². The standard InChI is InChI=1S/C11H11BrFNO4/c12-6-1-2-7(8(13)5-6)10(16)14-4-3-9(15)11(17)18/h1-2,5,9,15H,3-4H2,(H,14,16)(H,17,18)/t9-/m0/s1. The number of aliphatic hydroxyl groups is 1. The van der Waals surface area contributed by atoms with Crippen LogP contribution in [-0.2, 0) is 4.79 Å². The van der Waals surface area contributed by atoms with Crippen LogP contribution in [0.2, 0.25) is 0 Å². The Balaban J connectivity index is 2.53. The summed E-state index contributed by atoms with van der Waals surface area (Å²) in [6, 6.07) is 3.98.